The summed E-state index contributed by atoms with van der Waals surface area (Å²) >= 11 is 0. The number of nitrogens with one attached hydrogen (secondary N) is 2. The molecule has 31 heavy (non-hydrogen) atoms. The summed E-state index contributed by atoms with van der Waals surface area (Å²) in [6, 6.07) is 20.9. The molecule has 0 unspecified atom stereocenters. The molecule has 0 saturated heterocycles. The van der Waals surface area contributed by atoms with Gasteiger partial charge in [-0.1, -0.05) is 48.5 Å². The first-order chi connectivity index (χ1) is 14.9. The Morgan fingerprint density at radius 1 is 0.774 bits per heavy atom. The van der Waals surface area contributed by atoms with E-state index in [1.54, 1.807) is 24.5 Å². The highest BCUT2D eigenvalue weighted by atomic mass is 32.2. The Kier molecular flexibility index (Phi) is 4.46. The summed E-state index contributed by atoms with van der Waals surface area (Å²) in [4.78, 5) is 6.42. The fourth-order valence-corrected chi connectivity index (χ4v) is 4.96. The summed E-state index contributed by atoms with van der Waals surface area (Å²) in [6.45, 7) is 0. The lowest BCUT2D eigenvalue weighted by molar-refractivity contribution is 0.169. The van der Waals surface area contributed by atoms with Crippen molar-refractivity contribution in [3.63, 3.8) is 0 Å². The van der Waals surface area contributed by atoms with Crippen LogP contribution in [-0.4, -0.2) is 24.6 Å². The highest BCUT2D eigenvalue weighted by Gasteiger charge is 2.44. The second-order valence-corrected chi connectivity index (χ2v) is 9.05. The minimum atomic E-state index is -3.95. The number of hydrogen-bond acceptors (Lipinski definition) is 3. The summed E-state index contributed by atoms with van der Waals surface area (Å²) in [5.74, 6) is -0.421. The Bertz CT molecular complexity index is 1430. The van der Waals surface area contributed by atoms with Crippen LogP contribution in [0.25, 0.3) is 21.8 Å². The van der Waals surface area contributed by atoms with Crippen molar-refractivity contribution < 1.29 is 17.0 Å². The maximum Gasteiger partial charge on any atom is 0.265 e. The van der Waals surface area contributed by atoms with E-state index >= 15 is 0 Å². The van der Waals surface area contributed by atoms with Gasteiger partial charge in [0.25, 0.3) is 10.1 Å². The highest BCUT2D eigenvalue weighted by Crippen LogP contribution is 2.46. The number of benzene rings is 3. The molecule has 0 bridgehead atoms. The second kappa shape index (κ2) is 7.08. The van der Waals surface area contributed by atoms with Crippen molar-refractivity contribution in [1.82, 2.24) is 9.97 Å². The first-order valence-electron chi connectivity index (χ1n) is 9.68. The zero-order valence-electron chi connectivity index (χ0n) is 16.6. The van der Waals surface area contributed by atoms with E-state index in [0.29, 0.717) is 16.7 Å². The van der Waals surface area contributed by atoms with Crippen molar-refractivity contribution >= 4 is 31.9 Å². The lowest BCUT2D eigenvalue weighted by Crippen LogP contribution is -2.34. The Hall–Kier alpha value is -3.42. The molecule has 0 aliphatic rings. The molecule has 0 aliphatic carbocycles. The van der Waals surface area contributed by atoms with Crippen LogP contribution in [0, 0.1) is 5.82 Å². The lowest BCUT2D eigenvalue weighted by Gasteiger charge is -2.33. The Morgan fingerprint density at radius 2 is 1.26 bits per heavy atom. The van der Waals surface area contributed by atoms with Crippen LogP contribution < -0.4 is 0 Å². The molecule has 0 spiro atoms. The first-order valence-corrected chi connectivity index (χ1v) is 11.5. The zero-order valence-corrected chi connectivity index (χ0v) is 17.4. The van der Waals surface area contributed by atoms with Crippen LogP contribution in [-0.2, 0) is 19.9 Å². The van der Waals surface area contributed by atoms with Gasteiger partial charge in [-0.2, -0.15) is 8.42 Å². The van der Waals surface area contributed by atoms with Crippen molar-refractivity contribution in [3.8, 4) is 0 Å². The van der Waals surface area contributed by atoms with Crippen molar-refractivity contribution in [2.24, 2.45) is 0 Å². The molecule has 5 nitrogen and oxygen atoms in total. The molecule has 0 amide bonds. The summed E-state index contributed by atoms with van der Waals surface area (Å²) in [6.07, 6.45) is 4.52. The molecule has 0 radical (unpaired) electrons. The van der Waals surface area contributed by atoms with Gasteiger partial charge in [0.2, 0.25) is 0 Å². The van der Waals surface area contributed by atoms with Crippen LogP contribution >= 0.6 is 0 Å². The van der Waals surface area contributed by atoms with E-state index < -0.39 is 21.5 Å². The van der Waals surface area contributed by atoms with Gasteiger partial charge in [0, 0.05) is 45.3 Å². The van der Waals surface area contributed by atoms with E-state index in [0.717, 1.165) is 28.1 Å². The number of fused-ring (bicyclic) bond motifs is 2. The van der Waals surface area contributed by atoms with Gasteiger partial charge in [-0.3, -0.25) is 0 Å². The van der Waals surface area contributed by atoms with Gasteiger partial charge in [-0.25, -0.2) is 8.57 Å². The van der Waals surface area contributed by atoms with E-state index in [2.05, 4.69) is 9.97 Å². The molecule has 156 valence electrons. The third-order valence-electron chi connectivity index (χ3n) is 5.46. The summed E-state index contributed by atoms with van der Waals surface area (Å²) in [5.41, 5.74) is 1.85. The minimum absolute atomic E-state index is 0.421. The van der Waals surface area contributed by atoms with Gasteiger partial charge in [0.1, 0.15) is 5.82 Å². The van der Waals surface area contributed by atoms with Crippen LogP contribution in [0.4, 0.5) is 4.39 Å². The number of para-hydroxylation sites is 2. The third kappa shape index (κ3) is 3.22. The number of halogens is 1. The predicted octanol–water partition coefficient (Wildman–Crippen LogP) is 5.06. The van der Waals surface area contributed by atoms with Crippen molar-refractivity contribution in [1.29, 1.82) is 0 Å². The van der Waals surface area contributed by atoms with Gasteiger partial charge in [0.15, 0.2) is 5.60 Å². The van der Waals surface area contributed by atoms with Gasteiger partial charge in [-0.15, -0.1) is 0 Å². The van der Waals surface area contributed by atoms with Gasteiger partial charge < -0.3 is 9.97 Å². The molecule has 5 aromatic rings. The first kappa shape index (κ1) is 19.5. The smallest absolute Gasteiger partial charge is 0.265 e. The molecule has 0 saturated carbocycles. The van der Waals surface area contributed by atoms with Crippen LogP contribution in [0.5, 0.6) is 0 Å². The van der Waals surface area contributed by atoms with Crippen LogP contribution in [0.3, 0.4) is 0 Å². The third-order valence-corrected chi connectivity index (χ3v) is 6.02. The molecule has 2 N–H and O–H groups in total. The van der Waals surface area contributed by atoms with Crippen LogP contribution in [0.2, 0.25) is 0 Å². The van der Waals surface area contributed by atoms with Crippen LogP contribution in [0.15, 0.2) is 85.2 Å². The molecule has 0 fully saturated rings. The van der Waals surface area contributed by atoms with Crippen molar-refractivity contribution in [3.05, 3.63) is 108 Å². The topological polar surface area (TPSA) is 75.0 Å². The molecule has 0 aliphatic heterocycles. The largest absolute Gasteiger partial charge is 0.361 e. The predicted molar refractivity (Wildman–Crippen MR) is 119 cm³/mol. The quantitative estimate of drug-likeness (QED) is 0.380. The molecule has 2 heterocycles. The second-order valence-electron chi connectivity index (χ2n) is 7.47. The van der Waals surface area contributed by atoms with E-state index in [-0.39, 0.29) is 0 Å². The molecule has 7 heteroatoms. The fourth-order valence-electron chi connectivity index (χ4n) is 4.23. The van der Waals surface area contributed by atoms with Gasteiger partial charge in [0.05, 0.1) is 6.26 Å². The molecule has 2 aromatic heterocycles. The van der Waals surface area contributed by atoms with Crippen LogP contribution in [0.1, 0.15) is 16.7 Å². The normalized spacial score (nSPS) is 12.6. The molecule has 0 atom stereocenters. The molecular weight excluding hydrogens is 415 g/mol. The monoisotopic (exact) mass is 434 g/mol. The summed E-state index contributed by atoms with van der Waals surface area (Å²) < 4.78 is 45.1. The minimum Gasteiger partial charge on any atom is -0.361 e. The molecular formula is C24H19FN2O3S. The Labute approximate surface area is 178 Å². The number of H-pyrrole nitrogens is 2. The van der Waals surface area contributed by atoms with Crippen molar-refractivity contribution in [2.45, 2.75) is 5.60 Å². The van der Waals surface area contributed by atoms with Gasteiger partial charge in [-0.05, 0) is 29.8 Å². The van der Waals surface area contributed by atoms with Gasteiger partial charge >= 0.3 is 0 Å². The standard InChI is InChI=1S/C24H19FN2O3S/c1-31(28,29)30-24(16-10-12-17(25)13-11-16,20-14-26-22-8-4-2-6-18(20)22)21-15-27-23-9-5-3-7-19(21)23/h2-15,26-27H,1H3. The lowest BCUT2D eigenvalue weighted by atomic mass is 9.80. The fraction of sp³-hybridized carbons (Fsp3) is 0.0833. The summed E-state index contributed by atoms with van der Waals surface area (Å²) in [7, 11) is -3.95. The maximum absolute atomic E-state index is 13.8. The van der Waals surface area contributed by atoms with E-state index in [4.69, 9.17) is 4.18 Å². The average Bonchev–Trinajstić information content (AvgIpc) is 3.37. The number of aromatic amines is 2. The molecule has 3 aromatic carbocycles. The zero-order chi connectivity index (χ0) is 21.6. The SMILES string of the molecule is CS(=O)(=O)OC(c1ccc(F)cc1)(c1c[nH]c2ccccc12)c1c[nH]c2ccccc12. The van der Waals surface area contributed by atoms with E-state index in [9.17, 15) is 12.8 Å². The van der Waals surface area contributed by atoms with Crippen molar-refractivity contribution in [2.75, 3.05) is 6.26 Å². The average molecular weight is 434 g/mol. The van der Waals surface area contributed by atoms with E-state index in [1.807, 2.05) is 48.5 Å². The van der Waals surface area contributed by atoms with E-state index in [1.165, 1.54) is 12.1 Å². The molecule has 5 rings (SSSR count). The maximum atomic E-state index is 13.8. The highest BCUT2D eigenvalue weighted by molar-refractivity contribution is 7.86. The Balaban J connectivity index is 1.96. The number of hydrogen-bond donors (Lipinski definition) is 2. The number of aromatic nitrogens is 2. The Morgan fingerprint density at radius 3 is 1.74 bits per heavy atom. The summed E-state index contributed by atoms with van der Waals surface area (Å²) in [5, 5.41) is 1.61. The number of rotatable bonds is 5.